The SMILES string of the molecule is O[C@@H]1CCCN(C[C@H](O)COc2cccc3ccccc23)C1. The molecule has 2 aromatic carbocycles. The van der Waals surface area contributed by atoms with Crippen molar-refractivity contribution in [2.45, 2.75) is 25.0 Å². The summed E-state index contributed by atoms with van der Waals surface area (Å²) in [7, 11) is 0. The molecule has 2 atom stereocenters. The van der Waals surface area contributed by atoms with Crippen molar-refractivity contribution < 1.29 is 14.9 Å². The van der Waals surface area contributed by atoms with Crippen LogP contribution in [0.15, 0.2) is 42.5 Å². The number of rotatable bonds is 5. The van der Waals surface area contributed by atoms with E-state index in [0.29, 0.717) is 13.1 Å². The molecule has 1 saturated heterocycles. The van der Waals surface area contributed by atoms with Crippen molar-refractivity contribution in [3.8, 4) is 5.75 Å². The molecular formula is C18H23NO3. The maximum atomic E-state index is 10.2. The zero-order valence-electron chi connectivity index (χ0n) is 12.7. The fraction of sp³-hybridized carbons (Fsp3) is 0.444. The van der Waals surface area contributed by atoms with Gasteiger partial charge in [-0.25, -0.2) is 0 Å². The van der Waals surface area contributed by atoms with E-state index in [1.807, 2.05) is 42.5 Å². The van der Waals surface area contributed by atoms with E-state index in [-0.39, 0.29) is 12.7 Å². The van der Waals surface area contributed by atoms with Crippen molar-refractivity contribution in [3.63, 3.8) is 0 Å². The van der Waals surface area contributed by atoms with Crippen LogP contribution in [0.3, 0.4) is 0 Å². The Morgan fingerprint density at radius 2 is 2.00 bits per heavy atom. The van der Waals surface area contributed by atoms with Gasteiger partial charge in [0.2, 0.25) is 0 Å². The number of likely N-dealkylation sites (tertiary alicyclic amines) is 1. The first-order valence-electron chi connectivity index (χ1n) is 7.91. The van der Waals surface area contributed by atoms with Crippen LogP contribution in [-0.4, -0.2) is 53.6 Å². The predicted molar refractivity (Wildman–Crippen MR) is 87.1 cm³/mol. The van der Waals surface area contributed by atoms with Gasteiger partial charge in [0.25, 0.3) is 0 Å². The van der Waals surface area contributed by atoms with E-state index in [1.165, 1.54) is 0 Å². The minimum Gasteiger partial charge on any atom is -0.490 e. The maximum absolute atomic E-state index is 10.2. The average molecular weight is 301 g/mol. The average Bonchev–Trinajstić information content (AvgIpc) is 2.53. The Bertz CT molecular complexity index is 611. The summed E-state index contributed by atoms with van der Waals surface area (Å²) in [6, 6.07) is 14.0. The van der Waals surface area contributed by atoms with Gasteiger partial charge in [0.05, 0.1) is 6.10 Å². The molecule has 4 heteroatoms. The zero-order chi connectivity index (χ0) is 15.4. The number of ether oxygens (including phenoxy) is 1. The highest BCUT2D eigenvalue weighted by molar-refractivity contribution is 5.88. The summed E-state index contributed by atoms with van der Waals surface area (Å²) in [5, 5.41) is 22.0. The van der Waals surface area contributed by atoms with Crippen LogP contribution in [-0.2, 0) is 0 Å². The van der Waals surface area contributed by atoms with Gasteiger partial charge in [0.1, 0.15) is 18.5 Å². The lowest BCUT2D eigenvalue weighted by molar-refractivity contribution is 0.0245. The van der Waals surface area contributed by atoms with Crippen LogP contribution >= 0.6 is 0 Å². The van der Waals surface area contributed by atoms with Gasteiger partial charge in [-0.15, -0.1) is 0 Å². The van der Waals surface area contributed by atoms with E-state index < -0.39 is 6.10 Å². The number of benzene rings is 2. The Hall–Kier alpha value is -1.62. The molecule has 118 valence electrons. The molecule has 1 fully saturated rings. The maximum Gasteiger partial charge on any atom is 0.127 e. The molecule has 1 aliphatic rings. The number of aliphatic hydroxyl groups is 2. The third-order valence-electron chi connectivity index (χ3n) is 4.13. The molecule has 2 aromatic rings. The summed E-state index contributed by atoms with van der Waals surface area (Å²) in [6.45, 7) is 2.39. The number of nitrogens with zero attached hydrogens (tertiary/aromatic N) is 1. The van der Waals surface area contributed by atoms with E-state index in [9.17, 15) is 10.2 Å². The first-order valence-corrected chi connectivity index (χ1v) is 7.91. The smallest absolute Gasteiger partial charge is 0.127 e. The topological polar surface area (TPSA) is 52.9 Å². The third kappa shape index (κ3) is 3.77. The van der Waals surface area contributed by atoms with Crippen molar-refractivity contribution >= 4 is 10.8 Å². The van der Waals surface area contributed by atoms with Gasteiger partial charge in [0, 0.05) is 18.5 Å². The highest BCUT2D eigenvalue weighted by Crippen LogP contribution is 2.25. The lowest BCUT2D eigenvalue weighted by Crippen LogP contribution is -2.43. The first-order chi connectivity index (χ1) is 10.7. The van der Waals surface area contributed by atoms with Crippen molar-refractivity contribution in [3.05, 3.63) is 42.5 Å². The first kappa shape index (κ1) is 15.3. The lowest BCUT2D eigenvalue weighted by Gasteiger charge is -2.31. The molecule has 2 N–H and O–H groups in total. The highest BCUT2D eigenvalue weighted by atomic mass is 16.5. The van der Waals surface area contributed by atoms with Gasteiger partial charge in [-0.1, -0.05) is 36.4 Å². The summed E-state index contributed by atoms with van der Waals surface area (Å²) in [6.07, 6.45) is 1.03. The fourth-order valence-electron chi connectivity index (χ4n) is 3.06. The molecule has 0 unspecified atom stereocenters. The largest absolute Gasteiger partial charge is 0.490 e. The molecule has 0 saturated carbocycles. The quantitative estimate of drug-likeness (QED) is 0.887. The van der Waals surface area contributed by atoms with Gasteiger partial charge in [-0.2, -0.15) is 0 Å². The zero-order valence-corrected chi connectivity index (χ0v) is 12.7. The Labute approximate surface area is 130 Å². The second-order valence-electron chi connectivity index (χ2n) is 6.00. The predicted octanol–water partition coefficient (Wildman–Crippen LogP) is 2.04. The number of hydrogen-bond acceptors (Lipinski definition) is 4. The fourth-order valence-corrected chi connectivity index (χ4v) is 3.06. The monoisotopic (exact) mass is 301 g/mol. The number of hydrogen-bond donors (Lipinski definition) is 2. The molecule has 0 radical (unpaired) electrons. The molecule has 0 bridgehead atoms. The van der Waals surface area contributed by atoms with Crippen molar-refractivity contribution in [1.29, 1.82) is 0 Å². The standard InChI is InChI=1S/C18H23NO3/c20-15-7-4-10-19(11-15)12-16(21)13-22-18-9-3-6-14-5-1-2-8-17(14)18/h1-3,5-6,8-9,15-16,20-21H,4,7,10-13H2/t15-,16+/m1/s1. The van der Waals surface area contributed by atoms with E-state index in [0.717, 1.165) is 35.9 Å². The lowest BCUT2D eigenvalue weighted by atomic mass is 10.1. The van der Waals surface area contributed by atoms with E-state index >= 15 is 0 Å². The molecule has 4 nitrogen and oxygen atoms in total. The van der Waals surface area contributed by atoms with Crippen LogP contribution in [0.4, 0.5) is 0 Å². The summed E-state index contributed by atoms with van der Waals surface area (Å²) in [4.78, 5) is 2.10. The summed E-state index contributed by atoms with van der Waals surface area (Å²) in [5.74, 6) is 0.802. The molecular weight excluding hydrogens is 278 g/mol. The number of fused-ring (bicyclic) bond motifs is 1. The van der Waals surface area contributed by atoms with Crippen LogP contribution in [0, 0.1) is 0 Å². The normalized spacial score (nSPS) is 20.9. The van der Waals surface area contributed by atoms with Crippen LogP contribution in [0.25, 0.3) is 10.8 Å². The van der Waals surface area contributed by atoms with Gasteiger partial charge >= 0.3 is 0 Å². The third-order valence-corrected chi connectivity index (χ3v) is 4.13. The summed E-state index contributed by atoms with van der Waals surface area (Å²) in [5.41, 5.74) is 0. The number of piperidine rings is 1. The summed E-state index contributed by atoms with van der Waals surface area (Å²) < 4.78 is 5.81. The summed E-state index contributed by atoms with van der Waals surface area (Å²) >= 11 is 0. The van der Waals surface area contributed by atoms with Crippen LogP contribution in [0.5, 0.6) is 5.75 Å². The highest BCUT2D eigenvalue weighted by Gasteiger charge is 2.20. The second-order valence-corrected chi connectivity index (χ2v) is 6.00. The minimum absolute atomic E-state index is 0.264. The Morgan fingerprint density at radius 3 is 2.86 bits per heavy atom. The van der Waals surface area contributed by atoms with Crippen molar-refractivity contribution in [2.75, 3.05) is 26.2 Å². The van der Waals surface area contributed by atoms with Gasteiger partial charge < -0.3 is 14.9 Å². The Kier molecular flexibility index (Phi) is 4.93. The van der Waals surface area contributed by atoms with E-state index in [1.54, 1.807) is 0 Å². The molecule has 1 heterocycles. The molecule has 0 aromatic heterocycles. The van der Waals surface area contributed by atoms with Crippen molar-refractivity contribution in [2.24, 2.45) is 0 Å². The Balaban J connectivity index is 1.57. The second kappa shape index (κ2) is 7.09. The van der Waals surface area contributed by atoms with Crippen LogP contribution in [0.2, 0.25) is 0 Å². The molecule has 3 rings (SSSR count). The molecule has 1 aliphatic heterocycles. The minimum atomic E-state index is -0.552. The van der Waals surface area contributed by atoms with E-state index in [4.69, 9.17) is 4.74 Å². The van der Waals surface area contributed by atoms with E-state index in [2.05, 4.69) is 4.90 Å². The van der Waals surface area contributed by atoms with Gasteiger partial charge in [-0.3, -0.25) is 4.90 Å². The molecule has 0 amide bonds. The van der Waals surface area contributed by atoms with Gasteiger partial charge in [0.15, 0.2) is 0 Å². The molecule has 0 spiro atoms. The molecule has 0 aliphatic carbocycles. The molecule has 22 heavy (non-hydrogen) atoms. The van der Waals surface area contributed by atoms with Crippen molar-refractivity contribution in [1.82, 2.24) is 4.90 Å². The number of aliphatic hydroxyl groups excluding tert-OH is 2. The van der Waals surface area contributed by atoms with Crippen LogP contribution < -0.4 is 4.74 Å². The van der Waals surface area contributed by atoms with Crippen LogP contribution in [0.1, 0.15) is 12.8 Å². The van der Waals surface area contributed by atoms with Gasteiger partial charge in [-0.05, 0) is 30.8 Å². The number of β-amino-alcohol motifs (C(OH)–C–C–N with tert-alkyl or cyclic N) is 2. The Morgan fingerprint density at radius 1 is 1.18 bits per heavy atom.